The molecular formula is C66H91F2N13O14S. The number of ether oxygens (including phenoxy) is 1. The van der Waals surface area contributed by atoms with Crippen LogP contribution in [-0.4, -0.2) is 292 Å². The molecule has 96 heavy (non-hydrogen) atoms. The van der Waals surface area contributed by atoms with Crippen molar-refractivity contribution < 1.29 is 76.8 Å². The predicted molar refractivity (Wildman–Crippen MR) is 351 cm³/mol. The van der Waals surface area contributed by atoms with E-state index in [-0.39, 0.29) is 121 Å². The molecule has 4 aliphatic rings. The van der Waals surface area contributed by atoms with Gasteiger partial charge in [0.25, 0.3) is 11.8 Å². The number of hydrogen-bond acceptors (Lipinski definition) is 19. The quantitative estimate of drug-likeness (QED) is 0.0376. The van der Waals surface area contributed by atoms with Crippen molar-refractivity contribution in [1.82, 2.24) is 60.1 Å². The highest BCUT2D eigenvalue weighted by atomic mass is 32.2. The molecule has 0 saturated carbocycles. The smallest absolute Gasteiger partial charge is 0.317 e. The van der Waals surface area contributed by atoms with Gasteiger partial charge in [-0.3, -0.25) is 82.3 Å². The zero-order valence-corrected chi connectivity index (χ0v) is 55.6. The molecule has 2 aromatic carbocycles. The summed E-state index contributed by atoms with van der Waals surface area (Å²) in [5.41, 5.74) is 3.02. The molecule has 0 radical (unpaired) electrons. The molecule has 4 fully saturated rings. The lowest BCUT2D eigenvalue weighted by atomic mass is 10.1. The highest BCUT2D eigenvalue weighted by molar-refractivity contribution is 8.00. The van der Waals surface area contributed by atoms with Gasteiger partial charge in [-0.1, -0.05) is 36.8 Å². The summed E-state index contributed by atoms with van der Waals surface area (Å²) in [7, 11) is 0. The summed E-state index contributed by atoms with van der Waals surface area (Å²) in [6, 6.07) is 14.7. The number of piperazine rings is 1. The number of hydrogen-bond donors (Lipinski definition) is 6. The van der Waals surface area contributed by atoms with Gasteiger partial charge in [0.05, 0.1) is 74.2 Å². The van der Waals surface area contributed by atoms with Gasteiger partial charge in [-0.05, 0) is 88.2 Å². The summed E-state index contributed by atoms with van der Waals surface area (Å²) in [6.07, 6.45) is 5.56. The number of unbranched alkanes of at least 4 members (excludes halogenated alkanes) is 2. The second-order valence-electron chi connectivity index (χ2n) is 25.2. The van der Waals surface area contributed by atoms with Crippen molar-refractivity contribution in [2.24, 2.45) is 5.92 Å². The largest absolute Gasteiger partial charge is 0.494 e. The lowest BCUT2D eigenvalue weighted by Gasteiger charge is -2.36. The summed E-state index contributed by atoms with van der Waals surface area (Å²) in [4.78, 5) is 147. The third kappa shape index (κ3) is 24.6. The van der Waals surface area contributed by atoms with E-state index in [9.17, 15) is 77.3 Å². The molecule has 7 rings (SSSR count). The van der Waals surface area contributed by atoms with Crippen LogP contribution in [0.1, 0.15) is 86.2 Å². The maximum Gasteiger partial charge on any atom is 0.317 e. The van der Waals surface area contributed by atoms with Gasteiger partial charge in [-0.2, -0.15) is 5.26 Å². The molecule has 0 bridgehead atoms. The third-order valence-corrected chi connectivity index (χ3v) is 18.9. The van der Waals surface area contributed by atoms with Crippen molar-refractivity contribution in [3.05, 3.63) is 71.4 Å². The second-order valence-corrected chi connectivity index (χ2v) is 26.4. The Morgan fingerprint density at radius 2 is 1.36 bits per heavy atom. The minimum absolute atomic E-state index is 0.0632. The van der Waals surface area contributed by atoms with Gasteiger partial charge < -0.3 is 45.8 Å². The maximum absolute atomic E-state index is 14.1. The van der Waals surface area contributed by atoms with Gasteiger partial charge >= 0.3 is 17.9 Å². The normalized spacial score (nSPS) is 19.4. The molecule has 0 spiro atoms. The number of aryl methyl sites for hydroxylation is 2. The average molecular weight is 1360 g/mol. The number of fused-ring (bicyclic) bond motifs is 1. The van der Waals surface area contributed by atoms with Crippen molar-refractivity contribution in [1.29, 1.82) is 5.26 Å². The van der Waals surface area contributed by atoms with Crippen molar-refractivity contribution in [3.8, 4) is 11.8 Å². The monoisotopic (exact) mass is 1360 g/mol. The number of nitrogens with one attached hydrogen (secondary N) is 3. The number of aliphatic carboxylic acids is 3. The van der Waals surface area contributed by atoms with E-state index in [4.69, 9.17) is 4.74 Å². The Kier molecular flexibility index (Phi) is 29.5. The highest BCUT2D eigenvalue weighted by Gasteiger charge is 2.47. The van der Waals surface area contributed by atoms with E-state index in [1.807, 2.05) is 24.0 Å². The number of nitrogens with zero attached hydrogens (tertiary/aromatic N) is 10. The van der Waals surface area contributed by atoms with Crippen LogP contribution in [0, 0.1) is 24.2 Å². The molecule has 3 unspecified atom stereocenters. The first-order valence-electron chi connectivity index (χ1n) is 32.9. The number of carbonyl (C=O) groups excluding carboxylic acids is 7. The summed E-state index contributed by atoms with van der Waals surface area (Å²) in [5.74, 6) is -9.17. The number of likely N-dealkylation sites (tertiary alicyclic amines) is 2. The van der Waals surface area contributed by atoms with E-state index in [2.05, 4.69) is 38.0 Å². The standard InChI is InChI=1S/C66H91F2N13O14S/c1-46-11-13-48(14-12-46)8-7-10-56(82)71-18-4-3-9-49(73-57(83)40-75-21-23-76(41-60(86)87)25-27-78(43-62(90)91)28-26-77(24-22-75)42-61(88)89)44-96-55-35-58(84)80(65(55)94)39-47(2)64(93)79-31-29-74(30-32-79)20-5-6-33-95-51-15-16-54-53(34-51)52(17-19-70-54)63(92)72-38-59(85)81-45-66(67,68)36-50(81)37-69/h11-17,19,34,47,49-50,55H,3-10,18,20-33,35-36,38-45H2,1-2H3,(H,71,82)(H,72,92)(H,73,83)(H,86,87)(H,88,89)(H,90,91)/t47?,49?,50-,55?/m1/s1. The Morgan fingerprint density at radius 3 is 1.98 bits per heavy atom. The summed E-state index contributed by atoms with van der Waals surface area (Å²) >= 11 is 1.25. The first kappa shape index (κ1) is 75.4. The van der Waals surface area contributed by atoms with E-state index in [1.54, 1.807) is 50.8 Å². The first-order valence-corrected chi connectivity index (χ1v) is 34.0. The number of pyridine rings is 1. The van der Waals surface area contributed by atoms with Gasteiger partial charge in [0.1, 0.15) is 11.8 Å². The Bertz CT molecular complexity index is 3200. The number of amides is 7. The molecule has 1 aromatic heterocycles. The number of aromatic nitrogens is 1. The number of carboxylic acid groups (broad SMARTS) is 3. The van der Waals surface area contributed by atoms with Crippen LogP contribution < -0.4 is 20.7 Å². The van der Waals surface area contributed by atoms with Crippen LogP contribution in [0.3, 0.4) is 0 Å². The van der Waals surface area contributed by atoms with E-state index in [0.717, 1.165) is 40.3 Å². The van der Waals surface area contributed by atoms with E-state index in [0.29, 0.717) is 94.5 Å². The number of alkyl halides is 2. The van der Waals surface area contributed by atoms with Crippen molar-refractivity contribution in [2.75, 3.05) is 150 Å². The fourth-order valence-corrected chi connectivity index (χ4v) is 13.4. The van der Waals surface area contributed by atoms with Gasteiger partial charge in [-0.25, -0.2) is 8.78 Å². The zero-order chi connectivity index (χ0) is 69.3. The molecule has 5 heterocycles. The molecule has 524 valence electrons. The fourth-order valence-electron chi connectivity index (χ4n) is 12.1. The van der Waals surface area contributed by atoms with Crippen LogP contribution in [0.5, 0.6) is 5.75 Å². The fraction of sp³-hybridized carbons (Fsp3) is 0.606. The van der Waals surface area contributed by atoms with E-state index in [1.165, 1.54) is 24.0 Å². The summed E-state index contributed by atoms with van der Waals surface area (Å²) in [5, 5.41) is 46.5. The van der Waals surface area contributed by atoms with Gasteiger partial charge in [0.2, 0.25) is 35.4 Å². The van der Waals surface area contributed by atoms with Crippen LogP contribution >= 0.6 is 11.8 Å². The van der Waals surface area contributed by atoms with Gasteiger partial charge in [0.15, 0.2) is 0 Å². The number of carboxylic acids is 3. The van der Waals surface area contributed by atoms with Crippen LogP contribution in [0.2, 0.25) is 0 Å². The van der Waals surface area contributed by atoms with E-state index >= 15 is 0 Å². The van der Waals surface area contributed by atoms with Crippen molar-refractivity contribution in [2.45, 2.75) is 101 Å². The first-order chi connectivity index (χ1) is 45.9. The Labute approximate surface area is 562 Å². The molecule has 0 aliphatic carbocycles. The number of carbonyl (C=O) groups is 10. The predicted octanol–water partition coefficient (Wildman–Crippen LogP) is 2.10. The number of rotatable bonds is 33. The maximum atomic E-state index is 14.1. The molecule has 3 aromatic rings. The Balaban J connectivity index is 0.865. The zero-order valence-electron chi connectivity index (χ0n) is 54.8. The molecular weight excluding hydrogens is 1270 g/mol. The van der Waals surface area contributed by atoms with Gasteiger partial charge in [0, 0.05) is 134 Å². The molecule has 4 aliphatic heterocycles. The topological polar surface area (TPSA) is 339 Å². The lowest BCUT2D eigenvalue weighted by Crippen LogP contribution is -2.51. The summed E-state index contributed by atoms with van der Waals surface area (Å²) in [6.45, 7) is 6.54. The van der Waals surface area contributed by atoms with Crippen molar-refractivity contribution in [3.63, 3.8) is 0 Å². The Morgan fingerprint density at radius 1 is 0.750 bits per heavy atom. The van der Waals surface area contributed by atoms with Crippen LogP contribution in [-0.2, 0) is 49.6 Å². The number of halogens is 2. The SMILES string of the molecule is Cc1ccc(CCCC(=O)NCCCCC(CSC2CC(=O)N(CC(C)C(=O)N3CCN(CCCCOc4ccc5nccc(C(=O)NCC(=O)N6CC(F)(F)C[C@@H]6C#N)c5c4)CC3)C2=O)NC(=O)CN2CCN(CC(=O)O)CCN(CC(=O)O)CCN(CC(=O)O)CC2)cc1. The number of benzene rings is 2. The molecule has 6 N–H and O–H groups in total. The molecule has 4 atom stereocenters. The molecule has 4 saturated heterocycles. The number of thioether (sulfide) groups is 1. The van der Waals surface area contributed by atoms with E-state index < -0.39 is 90.2 Å². The number of imide groups is 1. The average Bonchev–Trinajstić information content (AvgIpc) is 1.34. The molecule has 7 amide bonds. The molecule has 27 nitrogen and oxygen atoms in total. The van der Waals surface area contributed by atoms with Crippen molar-refractivity contribution >= 4 is 81.9 Å². The Hall–Kier alpha value is -7.95. The second kappa shape index (κ2) is 37.5. The van der Waals surface area contributed by atoms with Crippen LogP contribution in [0.15, 0.2) is 54.7 Å². The summed E-state index contributed by atoms with van der Waals surface area (Å²) < 4.78 is 33.9. The van der Waals surface area contributed by atoms with Crippen LogP contribution in [0.25, 0.3) is 10.9 Å². The molecule has 30 heteroatoms. The van der Waals surface area contributed by atoms with Crippen LogP contribution in [0.4, 0.5) is 8.78 Å². The minimum atomic E-state index is -3.19. The van der Waals surface area contributed by atoms with Gasteiger partial charge in [-0.15, -0.1) is 11.8 Å². The highest BCUT2D eigenvalue weighted by Crippen LogP contribution is 2.32. The number of nitriles is 1. The lowest BCUT2D eigenvalue weighted by molar-refractivity contribution is -0.143. The third-order valence-electron chi connectivity index (χ3n) is 17.5. The minimum Gasteiger partial charge on any atom is -0.494 e.